The molecule has 2 N–H and O–H groups in total. The van der Waals surface area contributed by atoms with Gasteiger partial charge in [0.15, 0.2) is 0 Å². The first-order valence-corrected chi connectivity index (χ1v) is 13.6. The summed E-state index contributed by atoms with van der Waals surface area (Å²) < 4.78 is 2.37. The number of aromatic nitrogens is 1. The van der Waals surface area contributed by atoms with E-state index in [0.29, 0.717) is 24.4 Å². The van der Waals surface area contributed by atoms with E-state index in [2.05, 4.69) is 82.6 Å². The number of carboxylic acids is 1. The molecule has 3 rings (SSSR count). The van der Waals surface area contributed by atoms with E-state index < -0.39 is 5.97 Å². The lowest BCUT2D eigenvalue weighted by atomic mass is 9.79. The second-order valence-corrected chi connectivity index (χ2v) is 12.7. The van der Waals surface area contributed by atoms with Crippen LogP contribution in [0, 0.1) is 12.8 Å². The number of aliphatic carboxylic acids is 1. The Balaban J connectivity index is 2.07. The summed E-state index contributed by atoms with van der Waals surface area (Å²) in [5, 5.41) is 11.9. The number of carbonyl (C=O) groups is 2. The maximum Gasteiger partial charge on any atom is 0.303 e. The summed E-state index contributed by atoms with van der Waals surface area (Å²) in [7, 11) is 0. The average Bonchev–Trinajstić information content (AvgIpc) is 3.12. The summed E-state index contributed by atoms with van der Waals surface area (Å²) in [5.41, 5.74) is 6.56. The van der Waals surface area contributed by atoms with E-state index in [1.165, 1.54) is 43.2 Å². The quantitative estimate of drug-likeness (QED) is 0.380. The minimum absolute atomic E-state index is 0.0101. The molecule has 0 spiro atoms. The van der Waals surface area contributed by atoms with Crippen molar-refractivity contribution in [1.82, 2.24) is 9.88 Å². The van der Waals surface area contributed by atoms with E-state index in [1.54, 1.807) is 0 Å². The molecule has 5 nitrogen and oxygen atoms in total. The highest BCUT2D eigenvalue weighted by atomic mass is 16.4. The summed E-state index contributed by atoms with van der Waals surface area (Å²) in [6.07, 6.45) is 6.85. The van der Waals surface area contributed by atoms with Crippen LogP contribution in [0.25, 0.3) is 11.3 Å². The standard InChI is InChI=1S/C31H46N2O3/c1-21-26(29(36)32-15-11-14-28(34)35)19-27(33(21)20-22-12-9-8-10-13-22)23-16-24(30(2,3)4)18-25(17-23)31(5,6)7/h16-19,22H,8-15,20H2,1-7H3,(H,32,36)(H,34,35). The first kappa shape index (κ1) is 28.0. The van der Waals surface area contributed by atoms with Crippen LogP contribution in [0.3, 0.4) is 0 Å². The molecule has 1 saturated carbocycles. The SMILES string of the molecule is Cc1c(C(=O)NCCCC(=O)O)cc(-c2cc(C(C)(C)C)cc(C(C)(C)C)c2)n1CC1CCCCC1. The topological polar surface area (TPSA) is 71.3 Å². The molecule has 0 atom stereocenters. The van der Waals surface area contributed by atoms with Gasteiger partial charge in [-0.2, -0.15) is 0 Å². The minimum atomic E-state index is -0.838. The molecule has 0 radical (unpaired) electrons. The van der Waals surface area contributed by atoms with Crippen molar-refractivity contribution in [2.24, 2.45) is 5.92 Å². The number of hydrogen-bond acceptors (Lipinski definition) is 2. The van der Waals surface area contributed by atoms with Gasteiger partial charge in [0, 0.05) is 30.9 Å². The highest BCUT2D eigenvalue weighted by Crippen LogP contribution is 2.36. The van der Waals surface area contributed by atoms with Gasteiger partial charge in [0.05, 0.1) is 5.56 Å². The lowest BCUT2D eigenvalue weighted by Gasteiger charge is -2.27. The zero-order valence-corrected chi connectivity index (χ0v) is 23.5. The van der Waals surface area contributed by atoms with Gasteiger partial charge in [-0.15, -0.1) is 0 Å². The Hall–Kier alpha value is -2.56. The molecule has 5 heteroatoms. The van der Waals surface area contributed by atoms with E-state index in [-0.39, 0.29) is 23.2 Å². The third-order valence-corrected chi connectivity index (χ3v) is 7.59. The van der Waals surface area contributed by atoms with Gasteiger partial charge in [-0.25, -0.2) is 0 Å². The molecule has 1 aliphatic rings. The summed E-state index contributed by atoms with van der Waals surface area (Å²) in [6.45, 7) is 16.8. The number of hydrogen-bond donors (Lipinski definition) is 2. The van der Waals surface area contributed by atoms with Gasteiger partial charge in [0.1, 0.15) is 0 Å². The predicted molar refractivity (Wildman–Crippen MR) is 148 cm³/mol. The van der Waals surface area contributed by atoms with Gasteiger partial charge in [-0.05, 0) is 77.8 Å². The Bertz CT molecular complexity index is 1040. The number of benzene rings is 1. The molecule has 1 amide bonds. The van der Waals surface area contributed by atoms with E-state index in [1.807, 2.05) is 0 Å². The first-order chi connectivity index (χ1) is 16.8. The lowest BCUT2D eigenvalue weighted by molar-refractivity contribution is -0.137. The largest absolute Gasteiger partial charge is 0.481 e. The van der Waals surface area contributed by atoms with Crippen molar-refractivity contribution in [2.75, 3.05) is 6.54 Å². The first-order valence-electron chi connectivity index (χ1n) is 13.6. The van der Waals surface area contributed by atoms with Crippen LogP contribution in [-0.2, 0) is 22.2 Å². The summed E-state index contributed by atoms with van der Waals surface area (Å²) in [4.78, 5) is 24.0. The Morgan fingerprint density at radius 1 is 0.944 bits per heavy atom. The van der Waals surface area contributed by atoms with Crippen molar-refractivity contribution < 1.29 is 14.7 Å². The number of nitrogens with one attached hydrogen (secondary N) is 1. The Labute approximate surface area is 217 Å². The molecule has 0 unspecified atom stereocenters. The van der Waals surface area contributed by atoms with Gasteiger partial charge >= 0.3 is 5.97 Å². The van der Waals surface area contributed by atoms with Crippen LogP contribution >= 0.6 is 0 Å². The molecule has 198 valence electrons. The van der Waals surface area contributed by atoms with Crippen LogP contribution < -0.4 is 5.32 Å². The molecule has 2 aromatic rings. The number of nitrogens with zero attached hydrogens (tertiary/aromatic N) is 1. The zero-order valence-electron chi connectivity index (χ0n) is 23.5. The van der Waals surface area contributed by atoms with Gasteiger partial charge in [-0.1, -0.05) is 66.9 Å². The fourth-order valence-electron chi connectivity index (χ4n) is 5.16. The molecule has 1 fully saturated rings. The molecule has 36 heavy (non-hydrogen) atoms. The average molecular weight is 495 g/mol. The zero-order chi connectivity index (χ0) is 26.7. The van der Waals surface area contributed by atoms with Gasteiger partial charge < -0.3 is 15.0 Å². The van der Waals surface area contributed by atoms with Crippen LogP contribution in [0.5, 0.6) is 0 Å². The summed E-state index contributed by atoms with van der Waals surface area (Å²) in [5.74, 6) is -0.331. The third-order valence-electron chi connectivity index (χ3n) is 7.59. The normalized spacial score (nSPS) is 15.2. The fraction of sp³-hybridized carbons (Fsp3) is 0.613. The maximum atomic E-state index is 13.2. The Morgan fingerprint density at radius 3 is 2.06 bits per heavy atom. The van der Waals surface area contributed by atoms with Gasteiger partial charge in [0.2, 0.25) is 0 Å². The lowest BCUT2D eigenvalue weighted by Crippen LogP contribution is -2.25. The van der Waals surface area contributed by atoms with Crippen LogP contribution in [0.4, 0.5) is 0 Å². The van der Waals surface area contributed by atoms with Crippen LogP contribution in [0.15, 0.2) is 24.3 Å². The summed E-state index contributed by atoms with van der Waals surface area (Å²) >= 11 is 0. The van der Waals surface area contributed by atoms with Gasteiger partial charge in [-0.3, -0.25) is 9.59 Å². The second-order valence-electron chi connectivity index (χ2n) is 12.7. The van der Waals surface area contributed by atoms with Crippen molar-refractivity contribution in [3.63, 3.8) is 0 Å². The van der Waals surface area contributed by atoms with Crippen LogP contribution in [0.2, 0.25) is 0 Å². The van der Waals surface area contributed by atoms with E-state index in [0.717, 1.165) is 23.5 Å². The molecular weight excluding hydrogens is 448 g/mol. The minimum Gasteiger partial charge on any atom is -0.481 e. The number of amides is 1. The molecule has 0 saturated heterocycles. The van der Waals surface area contributed by atoms with Crippen molar-refractivity contribution >= 4 is 11.9 Å². The number of carboxylic acid groups (broad SMARTS) is 1. The molecule has 0 aliphatic heterocycles. The van der Waals surface area contributed by atoms with Crippen molar-refractivity contribution in [2.45, 2.75) is 111 Å². The van der Waals surface area contributed by atoms with Crippen molar-refractivity contribution in [1.29, 1.82) is 0 Å². The van der Waals surface area contributed by atoms with E-state index in [4.69, 9.17) is 5.11 Å². The Morgan fingerprint density at radius 2 is 1.53 bits per heavy atom. The number of rotatable bonds is 8. The highest BCUT2D eigenvalue weighted by molar-refractivity contribution is 5.97. The molecular formula is C31H46N2O3. The van der Waals surface area contributed by atoms with Crippen LogP contribution in [0.1, 0.15) is 114 Å². The number of carbonyl (C=O) groups excluding carboxylic acids is 1. The van der Waals surface area contributed by atoms with Crippen molar-refractivity contribution in [3.05, 3.63) is 46.6 Å². The maximum absolute atomic E-state index is 13.2. The summed E-state index contributed by atoms with van der Waals surface area (Å²) in [6, 6.07) is 8.99. The third kappa shape index (κ3) is 7.02. The van der Waals surface area contributed by atoms with Crippen molar-refractivity contribution in [3.8, 4) is 11.3 Å². The smallest absolute Gasteiger partial charge is 0.303 e. The van der Waals surface area contributed by atoms with E-state index >= 15 is 0 Å². The Kier molecular flexibility index (Phi) is 8.74. The molecule has 1 aromatic carbocycles. The fourth-order valence-corrected chi connectivity index (χ4v) is 5.16. The molecule has 1 aromatic heterocycles. The molecule has 1 aliphatic carbocycles. The molecule has 1 heterocycles. The second kappa shape index (κ2) is 11.2. The van der Waals surface area contributed by atoms with E-state index in [9.17, 15) is 9.59 Å². The highest BCUT2D eigenvalue weighted by Gasteiger charge is 2.25. The monoisotopic (exact) mass is 494 g/mol. The predicted octanol–water partition coefficient (Wildman–Crippen LogP) is 7.23. The molecule has 0 bridgehead atoms. The van der Waals surface area contributed by atoms with Crippen LogP contribution in [-0.4, -0.2) is 28.1 Å². The van der Waals surface area contributed by atoms with Gasteiger partial charge in [0.25, 0.3) is 5.91 Å².